The lowest BCUT2D eigenvalue weighted by atomic mass is 10.0. The van der Waals surface area contributed by atoms with Crippen molar-refractivity contribution in [3.63, 3.8) is 0 Å². The Morgan fingerprint density at radius 1 is 1.04 bits per heavy atom. The van der Waals surface area contributed by atoms with Crippen molar-refractivity contribution < 1.29 is 13.2 Å². The molecule has 1 amide bonds. The second-order valence-corrected chi connectivity index (χ2v) is 10.4. The van der Waals surface area contributed by atoms with Crippen LogP contribution in [-0.2, 0) is 21.2 Å². The number of rotatable bonds is 3. The zero-order valence-electron chi connectivity index (χ0n) is 15.3. The summed E-state index contributed by atoms with van der Waals surface area (Å²) < 4.78 is 24.9. The van der Waals surface area contributed by atoms with Crippen LogP contribution in [-0.4, -0.2) is 49.4 Å². The second-order valence-electron chi connectivity index (χ2n) is 7.41. The molecule has 8 heteroatoms. The van der Waals surface area contributed by atoms with E-state index in [2.05, 4.69) is 0 Å². The van der Waals surface area contributed by atoms with Crippen molar-refractivity contribution in [3.05, 3.63) is 63.6 Å². The first kappa shape index (κ1) is 19.7. The maximum Gasteiger partial charge on any atom is 0.241 e. The lowest BCUT2D eigenvalue weighted by molar-refractivity contribution is -0.123. The number of halogens is 2. The highest BCUT2D eigenvalue weighted by molar-refractivity contribution is 7.91. The summed E-state index contributed by atoms with van der Waals surface area (Å²) in [4.78, 5) is 16.6. The van der Waals surface area contributed by atoms with Gasteiger partial charge >= 0.3 is 0 Å². The molecule has 148 valence electrons. The largest absolute Gasteiger partial charge is 0.306 e. The van der Waals surface area contributed by atoms with Crippen molar-refractivity contribution in [2.24, 2.45) is 0 Å². The van der Waals surface area contributed by atoms with E-state index in [1.165, 1.54) is 0 Å². The number of carbonyl (C=O) groups is 1. The number of hydrogen-bond donors (Lipinski definition) is 0. The number of carbonyl (C=O) groups excluding carboxylic acids is 1. The summed E-state index contributed by atoms with van der Waals surface area (Å²) in [5.74, 6) is -0.148. The molecule has 0 saturated carbocycles. The second kappa shape index (κ2) is 7.34. The average Bonchev–Trinajstić information content (AvgIpc) is 2.95. The zero-order chi connectivity index (χ0) is 20.1. The minimum atomic E-state index is -3.25. The van der Waals surface area contributed by atoms with E-state index in [0.29, 0.717) is 22.3 Å². The molecule has 0 aromatic heterocycles. The van der Waals surface area contributed by atoms with Crippen LogP contribution in [0.5, 0.6) is 0 Å². The number of fused-ring (bicyclic) bond motifs is 1. The first-order valence-electron chi connectivity index (χ1n) is 9.01. The molecule has 0 bridgehead atoms. The minimum Gasteiger partial charge on any atom is -0.306 e. The fraction of sp³-hybridized carbons (Fsp3) is 0.350. The molecule has 0 unspecified atom stereocenters. The molecule has 2 fully saturated rings. The third-order valence-corrected chi connectivity index (χ3v) is 7.94. The van der Waals surface area contributed by atoms with E-state index < -0.39 is 15.9 Å². The Morgan fingerprint density at radius 3 is 2.46 bits per heavy atom. The van der Waals surface area contributed by atoms with Gasteiger partial charge in [-0.25, -0.2) is 8.42 Å². The molecule has 2 aromatic carbocycles. The van der Waals surface area contributed by atoms with E-state index in [-0.39, 0.29) is 30.0 Å². The summed E-state index contributed by atoms with van der Waals surface area (Å²) in [6.45, 7) is 2.45. The van der Waals surface area contributed by atoms with Crippen LogP contribution < -0.4 is 4.90 Å². The van der Waals surface area contributed by atoms with Crippen molar-refractivity contribution in [3.8, 4) is 0 Å². The van der Waals surface area contributed by atoms with Gasteiger partial charge in [-0.2, -0.15) is 0 Å². The molecule has 5 nitrogen and oxygen atoms in total. The normalized spacial score (nSPS) is 24.4. The first-order valence-corrected chi connectivity index (χ1v) is 11.6. The number of piperazine rings is 1. The van der Waals surface area contributed by atoms with Crippen LogP contribution in [0.2, 0.25) is 10.0 Å². The SMILES string of the molecule is Cc1ccc(N2C(=O)CN(Cc3ccccc3Cl)[C@H]3CS(=O)(=O)C[C@H]32)cc1Cl. The van der Waals surface area contributed by atoms with Crippen LogP contribution in [0.25, 0.3) is 0 Å². The van der Waals surface area contributed by atoms with Gasteiger partial charge in [0.2, 0.25) is 5.91 Å². The summed E-state index contributed by atoms with van der Waals surface area (Å²) in [7, 11) is -3.25. The quantitative estimate of drug-likeness (QED) is 0.737. The Labute approximate surface area is 174 Å². The van der Waals surface area contributed by atoms with E-state index in [4.69, 9.17) is 23.2 Å². The van der Waals surface area contributed by atoms with E-state index in [1.807, 2.05) is 42.2 Å². The van der Waals surface area contributed by atoms with Gasteiger partial charge in [-0.3, -0.25) is 9.69 Å². The predicted molar refractivity (Wildman–Crippen MR) is 112 cm³/mol. The van der Waals surface area contributed by atoms with Crippen LogP contribution in [0.1, 0.15) is 11.1 Å². The van der Waals surface area contributed by atoms with Crippen molar-refractivity contribution in [1.82, 2.24) is 4.90 Å². The van der Waals surface area contributed by atoms with Gasteiger partial charge in [-0.05, 0) is 36.2 Å². The molecular formula is C20H20Cl2N2O3S. The molecule has 0 spiro atoms. The molecule has 2 aromatic rings. The monoisotopic (exact) mass is 438 g/mol. The van der Waals surface area contributed by atoms with Gasteiger partial charge in [0, 0.05) is 28.3 Å². The molecular weight excluding hydrogens is 419 g/mol. The third-order valence-electron chi connectivity index (χ3n) is 5.47. The van der Waals surface area contributed by atoms with Crippen molar-refractivity contribution in [2.45, 2.75) is 25.6 Å². The van der Waals surface area contributed by atoms with Crippen LogP contribution in [0, 0.1) is 6.92 Å². The molecule has 0 radical (unpaired) electrons. The smallest absolute Gasteiger partial charge is 0.241 e. The maximum atomic E-state index is 13.0. The Morgan fingerprint density at radius 2 is 1.75 bits per heavy atom. The Balaban J connectivity index is 1.69. The average molecular weight is 439 g/mol. The highest BCUT2D eigenvalue weighted by Gasteiger charge is 2.49. The molecule has 0 N–H and O–H groups in total. The van der Waals surface area contributed by atoms with Gasteiger partial charge < -0.3 is 4.90 Å². The Bertz CT molecular complexity index is 1040. The van der Waals surface area contributed by atoms with Crippen molar-refractivity contribution in [2.75, 3.05) is 23.0 Å². The number of anilines is 1. The first-order chi connectivity index (χ1) is 13.2. The van der Waals surface area contributed by atoms with Crippen molar-refractivity contribution in [1.29, 1.82) is 0 Å². The topological polar surface area (TPSA) is 57.7 Å². The van der Waals surface area contributed by atoms with E-state index in [9.17, 15) is 13.2 Å². The van der Waals surface area contributed by atoms with Crippen LogP contribution >= 0.6 is 23.2 Å². The van der Waals surface area contributed by atoms with Gasteiger partial charge in [-0.1, -0.05) is 47.5 Å². The summed E-state index contributed by atoms with van der Waals surface area (Å²) in [6, 6.07) is 12.1. The minimum absolute atomic E-state index is 0.0332. The lowest BCUT2D eigenvalue weighted by Crippen LogP contribution is -2.61. The lowest BCUT2D eigenvalue weighted by Gasteiger charge is -2.43. The van der Waals surface area contributed by atoms with Gasteiger partial charge in [-0.15, -0.1) is 0 Å². The van der Waals surface area contributed by atoms with Crippen LogP contribution in [0.3, 0.4) is 0 Å². The molecule has 2 atom stereocenters. The summed E-state index contributed by atoms with van der Waals surface area (Å²) in [5.41, 5.74) is 2.43. The number of amides is 1. The molecule has 28 heavy (non-hydrogen) atoms. The predicted octanol–water partition coefficient (Wildman–Crippen LogP) is 3.32. The Hall–Kier alpha value is -1.60. The van der Waals surface area contributed by atoms with E-state index >= 15 is 0 Å². The highest BCUT2D eigenvalue weighted by atomic mass is 35.5. The molecule has 2 aliphatic rings. The van der Waals surface area contributed by atoms with Gasteiger partial charge in [0.05, 0.1) is 24.1 Å². The summed E-state index contributed by atoms with van der Waals surface area (Å²) >= 11 is 12.5. The number of nitrogens with zero attached hydrogens (tertiary/aromatic N) is 2. The maximum absolute atomic E-state index is 13.0. The highest BCUT2D eigenvalue weighted by Crippen LogP contribution is 2.34. The molecule has 0 aliphatic carbocycles. The van der Waals surface area contributed by atoms with E-state index in [1.54, 1.807) is 17.0 Å². The van der Waals surface area contributed by atoms with Crippen LogP contribution in [0.15, 0.2) is 42.5 Å². The fourth-order valence-electron chi connectivity index (χ4n) is 4.04. The standard InChI is InChI=1S/C20H20Cl2N2O3S/c1-13-6-7-15(8-17(13)22)24-19-12-28(26,27)11-18(19)23(10-20(24)25)9-14-4-2-3-5-16(14)21/h2-8,18-19H,9-12H2,1H3/t18-,19+/m0/s1. The number of benzene rings is 2. The summed E-state index contributed by atoms with van der Waals surface area (Å²) in [6.07, 6.45) is 0. The third kappa shape index (κ3) is 3.66. The number of aryl methyl sites for hydroxylation is 1. The number of sulfone groups is 1. The Kier molecular flexibility index (Phi) is 5.16. The number of hydrogen-bond acceptors (Lipinski definition) is 4. The van der Waals surface area contributed by atoms with E-state index in [0.717, 1.165) is 11.1 Å². The van der Waals surface area contributed by atoms with Gasteiger partial charge in [0.1, 0.15) is 0 Å². The molecule has 2 aliphatic heterocycles. The molecule has 2 heterocycles. The van der Waals surface area contributed by atoms with Gasteiger partial charge in [0.15, 0.2) is 9.84 Å². The van der Waals surface area contributed by atoms with Gasteiger partial charge in [0.25, 0.3) is 0 Å². The fourth-order valence-corrected chi connectivity index (χ4v) is 6.39. The van der Waals surface area contributed by atoms with Crippen molar-refractivity contribution >= 4 is 44.6 Å². The van der Waals surface area contributed by atoms with Crippen LogP contribution in [0.4, 0.5) is 5.69 Å². The summed E-state index contributed by atoms with van der Waals surface area (Å²) in [5, 5.41) is 1.17. The molecule has 2 saturated heterocycles. The molecule has 4 rings (SSSR count). The zero-order valence-corrected chi connectivity index (χ0v) is 17.6.